The zero-order valence-electron chi connectivity index (χ0n) is 14.0. The van der Waals surface area contributed by atoms with E-state index >= 15 is 0 Å². The van der Waals surface area contributed by atoms with Crippen LogP contribution in [0.4, 0.5) is 0 Å². The van der Waals surface area contributed by atoms with E-state index in [4.69, 9.17) is 18.9 Å². The van der Waals surface area contributed by atoms with E-state index in [1.54, 1.807) is 0 Å². The molecule has 1 fully saturated rings. The van der Waals surface area contributed by atoms with Crippen molar-refractivity contribution in [3.05, 3.63) is 35.9 Å². The van der Waals surface area contributed by atoms with Crippen LogP contribution >= 0.6 is 0 Å². The average molecular weight is 354 g/mol. The molecule has 0 aromatic heterocycles. The third kappa shape index (κ3) is 5.23. The van der Waals surface area contributed by atoms with Gasteiger partial charge in [0.05, 0.1) is 13.2 Å². The van der Waals surface area contributed by atoms with Crippen LogP contribution in [0, 0.1) is 0 Å². The molecule has 0 spiro atoms. The van der Waals surface area contributed by atoms with Crippen molar-refractivity contribution in [2.24, 2.45) is 0 Å². The molecule has 1 aromatic carbocycles. The van der Waals surface area contributed by atoms with E-state index < -0.39 is 49.3 Å². The molecule has 0 aliphatic carbocycles. The fraction of sp³-hybridized carbons (Fsp3) is 0.529. The van der Waals surface area contributed by atoms with Gasteiger partial charge in [0.2, 0.25) is 0 Å². The lowest BCUT2D eigenvalue weighted by Crippen LogP contribution is -2.61. The molecule has 1 aliphatic rings. The van der Waals surface area contributed by atoms with Gasteiger partial charge >= 0.3 is 11.9 Å². The number of rotatable bonds is 6. The summed E-state index contributed by atoms with van der Waals surface area (Å²) < 4.78 is 21.3. The van der Waals surface area contributed by atoms with Crippen LogP contribution in [0.1, 0.15) is 19.4 Å². The normalized spacial score (nSPS) is 29.0. The number of benzene rings is 1. The lowest BCUT2D eigenvalue weighted by molar-refractivity contribution is -0.303. The van der Waals surface area contributed by atoms with Gasteiger partial charge in [-0.3, -0.25) is 9.59 Å². The lowest BCUT2D eigenvalue weighted by atomic mass is 9.98. The molecule has 138 valence electrons. The third-order valence-corrected chi connectivity index (χ3v) is 3.68. The Morgan fingerprint density at radius 1 is 1.04 bits per heavy atom. The van der Waals surface area contributed by atoms with Gasteiger partial charge in [0.15, 0.2) is 18.5 Å². The molecule has 5 atom stereocenters. The summed E-state index contributed by atoms with van der Waals surface area (Å²) in [6.45, 7) is 1.97. The van der Waals surface area contributed by atoms with Crippen LogP contribution in [-0.4, -0.2) is 59.5 Å². The van der Waals surface area contributed by atoms with Gasteiger partial charge in [-0.15, -0.1) is 0 Å². The second kappa shape index (κ2) is 8.91. The van der Waals surface area contributed by atoms with Crippen molar-refractivity contribution in [2.45, 2.75) is 51.2 Å². The Morgan fingerprint density at radius 3 is 2.20 bits per heavy atom. The highest BCUT2D eigenvalue weighted by atomic mass is 16.7. The van der Waals surface area contributed by atoms with E-state index in [2.05, 4.69) is 0 Å². The maximum absolute atomic E-state index is 11.5. The molecule has 0 saturated carbocycles. The fourth-order valence-electron chi connectivity index (χ4n) is 2.65. The number of aliphatic hydroxyl groups excluding tert-OH is 2. The lowest BCUT2D eigenvalue weighted by Gasteiger charge is -2.42. The Labute approximate surface area is 145 Å². The zero-order chi connectivity index (χ0) is 18.4. The van der Waals surface area contributed by atoms with Crippen LogP contribution in [0.2, 0.25) is 0 Å². The van der Waals surface area contributed by atoms with Crippen LogP contribution in [0.3, 0.4) is 0 Å². The molecule has 0 bridgehead atoms. The van der Waals surface area contributed by atoms with Gasteiger partial charge in [-0.1, -0.05) is 30.3 Å². The van der Waals surface area contributed by atoms with E-state index in [0.29, 0.717) is 0 Å². The van der Waals surface area contributed by atoms with E-state index in [1.807, 2.05) is 30.3 Å². The number of carbonyl (C=O) groups is 2. The summed E-state index contributed by atoms with van der Waals surface area (Å²) >= 11 is 0. The van der Waals surface area contributed by atoms with Crippen molar-refractivity contribution in [3.63, 3.8) is 0 Å². The summed E-state index contributed by atoms with van der Waals surface area (Å²) in [7, 11) is 0. The van der Waals surface area contributed by atoms with E-state index in [9.17, 15) is 19.8 Å². The molecule has 1 aliphatic heterocycles. The summed E-state index contributed by atoms with van der Waals surface area (Å²) in [6.07, 6.45) is -5.81. The number of carbonyl (C=O) groups excluding carboxylic acids is 2. The zero-order valence-corrected chi connectivity index (χ0v) is 14.0. The predicted octanol–water partition coefficient (Wildman–Crippen LogP) is 0.145. The second-order valence-corrected chi connectivity index (χ2v) is 5.66. The maximum Gasteiger partial charge on any atom is 0.303 e. The van der Waals surface area contributed by atoms with Crippen LogP contribution in [-0.2, 0) is 35.1 Å². The highest BCUT2D eigenvalue weighted by molar-refractivity contribution is 5.67. The highest BCUT2D eigenvalue weighted by Gasteiger charge is 2.50. The SMILES string of the molecule is CC(=O)O[C@@H]1[C@@H](OCc2ccccc2)[C@H](O)O[C@H](CO)[C@@H]1OC(C)=O. The van der Waals surface area contributed by atoms with Crippen molar-refractivity contribution in [3.8, 4) is 0 Å². The fourth-order valence-corrected chi connectivity index (χ4v) is 2.65. The van der Waals surface area contributed by atoms with Gasteiger partial charge < -0.3 is 29.2 Å². The highest BCUT2D eigenvalue weighted by Crippen LogP contribution is 2.28. The Bertz CT molecular complexity index is 575. The number of hydrogen-bond donors (Lipinski definition) is 2. The molecule has 8 nitrogen and oxygen atoms in total. The largest absolute Gasteiger partial charge is 0.456 e. The summed E-state index contributed by atoms with van der Waals surface area (Å²) in [5.74, 6) is -1.27. The Hall–Kier alpha value is -2.00. The Balaban J connectivity index is 2.20. The minimum absolute atomic E-state index is 0.125. The van der Waals surface area contributed by atoms with Gasteiger partial charge in [0.1, 0.15) is 12.2 Å². The third-order valence-electron chi connectivity index (χ3n) is 3.68. The smallest absolute Gasteiger partial charge is 0.303 e. The molecule has 1 aromatic rings. The van der Waals surface area contributed by atoms with Gasteiger partial charge in [0.25, 0.3) is 0 Å². The molecule has 0 radical (unpaired) electrons. The van der Waals surface area contributed by atoms with Gasteiger partial charge in [0, 0.05) is 13.8 Å². The Morgan fingerprint density at radius 2 is 1.64 bits per heavy atom. The first-order chi connectivity index (χ1) is 11.9. The summed E-state index contributed by atoms with van der Waals surface area (Å²) in [5, 5.41) is 19.6. The summed E-state index contributed by atoms with van der Waals surface area (Å²) in [4.78, 5) is 22.8. The van der Waals surface area contributed by atoms with Crippen molar-refractivity contribution in [1.29, 1.82) is 0 Å². The molecule has 25 heavy (non-hydrogen) atoms. The molecule has 2 rings (SSSR count). The second-order valence-electron chi connectivity index (χ2n) is 5.66. The molecular formula is C17H22O8. The minimum atomic E-state index is -1.46. The number of esters is 2. The molecule has 0 amide bonds. The monoisotopic (exact) mass is 354 g/mol. The topological polar surface area (TPSA) is 112 Å². The molecule has 8 heteroatoms. The van der Waals surface area contributed by atoms with Crippen LogP contribution in [0.15, 0.2) is 30.3 Å². The first kappa shape index (κ1) is 19.3. The number of ether oxygens (including phenoxy) is 4. The quantitative estimate of drug-likeness (QED) is 0.694. The molecule has 1 saturated heterocycles. The number of aliphatic hydroxyl groups is 2. The van der Waals surface area contributed by atoms with Gasteiger partial charge in [-0.25, -0.2) is 0 Å². The van der Waals surface area contributed by atoms with Gasteiger partial charge in [-0.2, -0.15) is 0 Å². The first-order valence-corrected chi connectivity index (χ1v) is 7.86. The first-order valence-electron chi connectivity index (χ1n) is 7.86. The van der Waals surface area contributed by atoms with Crippen molar-refractivity contribution in [2.75, 3.05) is 6.61 Å². The van der Waals surface area contributed by atoms with Crippen molar-refractivity contribution < 1.29 is 38.7 Å². The average Bonchev–Trinajstić information content (AvgIpc) is 2.56. The minimum Gasteiger partial charge on any atom is -0.456 e. The molecular weight excluding hydrogens is 332 g/mol. The maximum atomic E-state index is 11.5. The van der Waals surface area contributed by atoms with Crippen molar-refractivity contribution in [1.82, 2.24) is 0 Å². The Kier molecular flexibility index (Phi) is 6.89. The van der Waals surface area contributed by atoms with Crippen LogP contribution in [0.25, 0.3) is 0 Å². The van der Waals surface area contributed by atoms with Crippen LogP contribution < -0.4 is 0 Å². The molecule has 0 unspecified atom stereocenters. The standard InChI is InChI=1S/C17H22O8/c1-10(19)23-14-13(8-18)25-17(21)16(15(14)24-11(2)20)22-9-12-6-4-3-5-7-12/h3-7,13-18,21H,8-9H2,1-2H3/t13-,14+,15+,16-,17-/m1/s1. The van der Waals surface area contributed by atoms with Crippen molar-refractivity contribution >= 4 is 11.9 Å². The molecule has 1 heterocycles. The summed E-state index contributed by atoms with van der Waals surface area (Å²) in [5.41, 5.74) is 0.838. The van der Waals surface area contributed by atoms with E-state index in [1.165, 1.54) is 13.8 Å². The molecule has 2 N–H and O–H groups in total. The predicted molar refractivity (Wildman–Crippen MR) is 84.1 cm³/mol. The summed E-state index contributed by atoms with van der Waals surface area (Å²) in [6, 6.07) is 9.18. The van der Waals surface area contributed by atoms with Gasteiger partial charge in [-0.05, 0) is 5.56 Å². The van der Waals surface area contributed by atoms with E-state index in [-0.39, 0.29) is 6.61 Å². The van der Waals surface area contributed by atoms with Crippen LogP contribution in [0.5, 0.6) is 0 Å². The number of hydrogen-bond acceptors (Lipinski definition) is 8. The van der Waals surface area contributed by atoms with E-state index in [0.717, 1.165) is 5.56 Å².